The molecule has 220 valence electrons. The minimum Gasteiger partial charge on any atom is -0.321 e. The lowest BCUT2D eigenvalue weighted by molar-refractivity contribution is -0.114. The van der Waals surface area contributed by atoms with Crippen LogP contribution < -0.4 is 16.0 Å². The molecule has 0 heterocycles. The fourth-order valence-corrected chi connectivity index (χ4v) is 4.78. The SMILES string of the molecule is O=C(CSc1ccc(NC(=O)/C(=C/c2c(Cl)cccc2Cl)NC(=O)c2ccccc2)cc1)Nc1c(F)c(F)cc(F)c1F. The van der Waals surface area contributed by atoms with Gasteiger partial charge in [0.05, 0.1) is 5.75 Å². The minimum absolute atomic E-state index is 0.0390. The summed E-state index contributed by atoms with van der Waals surface area (Å²) in [6, 6.07) is 19.2. The molecular formula is C30H19Cl2F4N3O3S. The van der Waals surface area contributed by atoms with Gasteiger partial charge in [0.1, 0.15) is 11.4 Å². The maximum absolute atomic E-state index is 13.8. The van der Waals surface area contributed by atoms with Crippen molar-refractivity contribution in [3.05, 3.63) is 129 Å². The molecule has 4 rings (SSSR count). The molecule has 0 aliphatic rings. The average molecular weight is 648 g/mol. The van der Waals surface area contributed by atoms with Gasteiger partial charge in [0, 0.05) is 37.8 Å². The number of carbonyl (C=O) groups excluding carboxylic acids is 3. The molecular weight excluding hydrogens is 629 g/mol. The van der Waals surface area contributed by atoms with Gasteiger partial charge >= 0.3 is 0 Å². The Bertz CT molecular complexity index is 1680. The van der Waals surface area contributed by atoms with Crippen LogP contribution in [0, 0.1) is 23.3 Å². The van der Waals surface area contributed by atoms with Gasteiger partial charge in [0.2, 0.25) is 5.91 Å². The van der Waals surface area contributed by atoms with Crippen molar-refractivity contribution in [1.29, 1.82) is 0 Å². The van der Waals surface area contributed by atoms with Crippen LogP contribution in [0.15, 0.2) is 89.5 Å². The van der Waals surface area contributed by atoms with Gasteiger partial charge in [0.15, 0.2) is 23.3 Å². The van der Waals surface area contributed by atoms with Gasteiger partial charge < -0.3 is 16.0 Å². The van der Waals surface area contributed by atoms with E-state index in [1.807, 2.05) is 5.32 Å². The lowest BCUT2D eigenvalue weighted by atomic mass is 10.1. The van der Waals surface area contributed by atoms with Crippen molar-refractivity contribution in [2.24, 2.45) is 0 Å². The van der Waals surface area contributed by atoms with Gasteiger partial charge in [-0.25, -0.2) is 17.6 Å². The number of halogens is 6. The second-order valence-corrected chi connectivity index (χ2v) is 10.5. The molecule has 0 spiro atoms. The van der Waals surface area contributed by atoms with Crippen LogP contribution in [0.4, 0.5) is 28.9 Å². The highest BCUT2D eigenvalue weighted by atomic mass is 35.5. The first kappa shape index (κ1) is 31.6. The topological polar surface area (TPSA) is 87.3 Å². The molecule has 0 atom stereocenters. The molecule has 0 aliphatic carbocycles. The molecule has 0 radical (unpaired) electrons. The Morgan fingerprint density at radius 1 is 0.767 bits per heavy atom. The lowest BCUT2D eigenvalue weighted by Crippen LogP contribution is -2.30. The monoisotopic (exact) mass is 647 g/mol. The molecule has 0 saturated carbocycles. The van der Waals surface area contributed by atoms with Crippen molar-refractivity contribution in [2.45, 2.75) is 4.90 Å². The Labute approximate surface area is 257 Å². The van der Waals surface area contributed by atoms with E-state index in [2.05, 4.69) is 10.6 Å². The van der Waals surface area contributed by atoms with Crippen LogP contribution in [-0.2, 0) is 9.59 Å². The largest absolute Gasteiger partial charge is 0.321 e. The highest BCUT2D eigenvalue weighted by Crippen LogP contribution is 2.28. The van der Waals surface area contributed by atoms with Crippen LogP contribution in [-0.4, -0.2) is 23.5 Å². The van der Waals surface area contributed by atoms with E-state index in [0.717, 1.165) is 11.8 Å². The van der Waals surface area contributed by atoms with E-state index in [1.165, 1.54) is 18.2 Å². The van der Waals surface area contributed by atoms with Crippen molar-refractivity contribution >= 4 is 70.1 Å². The van der Waals surface area contributed by atoms with Crippen LogP contribution >= 0.6 is 35.0 Å². The Hall–Kier alpha value is -4.32. The van der Waals surface area contributed by atoms with E-state index in [9.17, 15) is 31.9 Å². The van der Waals surface area contributed by atoms with Crippen LogP contribution in [0.5, 0.6) is 0 Å². The normalized spacial score (nSPS) is 11.2. The summed E-state index contributed by atoms with van der Waals surface area (Å²) in [6.45, 7) is 0. The summed E-state index contributed by atoms with van der Waals surface area (Å²) >= 11 is 13.5. The number of rotatable bonds is 9. The molecule has 13 heteroatoms. The van der Waals surface area contributed by atoms with Crippen LogP contribution in [0.3, 0.4) is 0 Å². The number of carbonyl (C=O) groups is 3. The predicted octanol–water partition coefficient (Wildman–Crippen LogP) is 7.69. The maximum Gasteiger partial charge on any atom is 0.272 e. The number of hydrogen-bond donors (Lipinski definition) is 3. The summed E-state index contributed by atoms with van der Waals surface area (Å²) in [5.41, 5.74) is -0.419. The standard InChI is InChI=1S/C30H19Cl2F4N3O3S/c31-20-7-4-8-21(32)19(20)13-24(38-29(41)16-5-2-1-3-6-16)30(42)37-17-9-11-18(12-10-17)43-15-25(40)39-28-26(35)22(33)14-23(34)27(28)36/h1-14H,15H2,(H,37,42)(H,38,41)(H,39,40)/b24-13-. The smallest absolute Gasteiger partial charge is 0.272 e. The van der Waals surface area contributed by atoms with Crippen molar-refractivity contribution in [3.63, 3.8) is 0 Å². The van der Waals surface area contributed by atoms with Crippen molar-refractivity contribution in [1.82, 2.24) is 5.32 Å². The van der Waals surface area contributed by atoms with E-state index in [4.69, 9.17) is 23.2 Å². The molecule has 0 aliphatic heterocycles. The molecule has 4 aromatic rings. The zero-order valence-corrected chi connectivity index (χ0v) is 24.0. The summed E-state index contributed by atoms with van der Waals surface area (Å²) in [5.74, 6) is -9.22. The van der Waals surface area contributed by atoms with Gasteiger partial charge in [-0.2, -0.15) is 0 Å². The van der Waals surface area contributed by atoms with E-state index in [0.29, 0.717) is 21.7 Å². The average Bonchev–Trinajstić information content (AvgIpc) is 2.99. The zero-order chi connectivity index (χ0) is 31.1. The predicted molar refractivity (Wildman–Crippen MR) is 159 cm³/mol. The summed E-state index contributed by atoms with van der Waals surface area (Å²) in [6.07, 6.45) is 1.35. The number of amides is 3. The number of thioether (sulfide) groups is 1. The molecule has 0 fully saturated rings. The second-order valence-electron chi connectivity index (χ2n) is 8.67. The number of hydrogen-bond acceptors (Lipinski definition) is 4. The summed E-state index contributed by atoms with van der Waals surface area (Å²) in [4.78, 5) is 38.7. The first-order valence-electron chi connectivity index (χ1n) is 12.2. The summed E-state index contributed by atoms with van der Waals surface area (Å²) in [5, 5.41) is 7.57. The summed E-state index contributed by atoms with van der Waals surface area (Å²) in [7, 11) is 0. The highest BCUT2D eigenvalue weighted by Gasteiger charge is 2.21. The highest BCUT2D eigenvalue weighted by molar-refractivity contribution is 8.00. The van der Waals surface area contributed by atoms with Gasteiger partial charge in [-0.05, 0) is 54.6 Å². The van der Waals surface area contributed by atoms with Crippen molar-refractivity contribution in [2.75, 3.05) is 16.4 Å². The van der Waals surface area contributed by atoms with Gasteiger partial charge in [-0.1, -0.05) is 47.5 Å². The molecule has 0 saturated heterocycles. The molecule has 4 aromatic carbocycles. The fraction of sp³-hybridized carbons (Fsp3) is 0.0333. The molecule has 6 nitrogen and oxygen atoms in total. The van der Waals surface area contributed by atoms with E-state index >= 15 is 0 Å². The molecule has 3 amide bonds. The Kier molecular flexibility index (Phi) is 10.5. The lowest BCUT2D eigenvalue weighted by Gasteiger charge is -2.13. The Balaban J connectivity index is 1.44. The Morgan fingerprint density at radius 3 is 1.98 bits per heavy atom. The third kappa shape index (κ3) is 8.16. The fourth-order valence-electron chi connectivity index (χ4n) is 3.58. The van der Waals surface area contributed by atoms with Crippen molar-refractivity contribution < 1.29 is 31.9 Å². The first-order chi connectivity index (χ1) is 20.5. The van der Waals surface area contributed by atoms with Gasteiger partial charge in [-0.3, -0.25) is 14.4 Å². The van der Waals surface area contributed by atoms with Crippen molar-refractivity contribution in [3.8, 4) is 0 Å². The third-order valence-electron chi connectivity index (χ3n) is 5.68. The molecule has 0 bridgehead atoms. The van der Waals surface area contributed by atoms with E-state index in [-0.39, 0.29) is 27.6 Å². The molecule has 0 aromatic heterocycles. The minimum atomic E-state index is -1.72. The molecule has 3 N–H and O–H groups in total. The second kappa shape index (κ2) is 14.2. The third-order valence-corrected chi connectivity index (χ3v) is 7.35. The van der Waals surface area contributed by atoms with Crippen LogP contribution in [0.2, 0.25) is 10.0 Å². The maximum atomic E-state index is 13.8. The van der Waals surface area contributed by atoms with E-state index < -0.39 is 46.7 Å². The first-order valence-corrected chi connectivity index (χ1v) is 14.0. The van der Waals surface area contributed by atoms with Crippen LogP contribution in [0.1, 0.15) is 15.9 Å². The van der Waals surface area contributed by atoms with Gasteiger partial charge in [0.25, 0.3) is 11.8 Å². The quantitative estimate of drug-likeness (QED) is 0.0752. The number of nitrogens with one attached hydrogen (secondary N) is 3. The molecule has 43 heavy (non-hydrogen) atoms. The summed E-state index contributed by atoms with van der Waals surface area (Å²) < 4.78 is 54.4. The number of benzene rings is 4. The number of anilines is 2. The zero-order valence-electron chi connectivity index (χ0n) is 21.7. The van der Waals surface area contributed by atoms with Crippen LogP contribution in [0.25, 0.3) is 6.08 Å². The van der Waals surface area contributed by atoms with Gasteiger partial charge in [-0.15, -0.1) is 11.8 Å². The molecule has 0 unspecified atom stereocenters. The van der Waals surface area contributed by atoms with E-state index in [1.54, 1.807) is 60.7 Å². The Morgan fingerprint density at radius 2 is 1.37 bits per heavy atom.